The summed E-state index contributed by atoms with van der Waals surface area (Å²) in [6.45, 7) is 6.22. The first-order chi connectivity index (χ1) is 14.7. The molecule has 0 spiro atoms. The Morgan fingerprint density at radius 2 is 1.77 bits per heavy atom. The third-order valence-corrected chi connectivity index (χ3v) is 4.88. The largest absolute Gasteiger partial charge is 0.494 e. The predicted octanol–water partition coefficient (Wildman–Crippen LogP) is 4.50. The number of aryl methyl sites for hydroxylation is 2. The SMILES string of the molecule is CCOc1ccccc1CNC(=NC)NCCCc1cn(-c2ccccc2)nc1C.I. The molecule has 0 aliphatic carbocycles. The molecule has 3 aromatic rings. The van der Waals surface area contributed by atoms with Crippen molar-refractivity contribution >= 4 is 29.9 Å². The van der Waals surface area contributed by atoms with Crippen LogP contribution in [0, 0.1) is 6.92 Å². The van der Waals surface area contributed by atoms with Gasteiger partial charge >= 0.3 is 0 Å². The van der Waals surface area contributed by atoms with Gasteiger partial charge in [0.1, 0.15) is 5.75 Å². The molecule has 3 rings (SSSR count). The number of halogens is 1. The van der Waals surface area contributed by atoms with Crippen molar-refractivity contribution in [3.05, 3.63) is 77.6 Å². The third-order valence-electron chi connectivity index (χ3n) is 4.88. The van der Waals surface area contributed by atoms with E-state index in [9.17, 15) is 0 Å². The minimum Gasteiger partial charge on any atom is -0.494 e. The molecule has 0 unspecified atom stereocenters. The molecule has 0 atom stereocenters. The van der Waals surface area contributed by atoms with Gasteiger partial charge in [-0.1, -0.05) is 36.4 Å². The number of aromatic nitrogens is 2. The van der Waals surface area contributed by atoms with Crippen LogP contribution in [-0.4, -0.2) is 35.9 Å². The molecule has 0 bridgehead atoms. The molecule has 0 aliphatic rings. The highest BCUT2D eigenvalue weighted by Gasteiger charge is 2.07. The van der Waals surface area contributed by atoms with Crippen molar-refractivity contribution in [3.8, 4) is 11.4 Å². The molecule has 0 fully saturated rings. The number of nitrogens with one attached hydrogen (secondary N) is 2. The van der Waals surface area contributed by atoms with E-state index in [0.29, 0.717) is 13.2 Å². The number of hydrogen-bond acceptors (Lipinski definition) is 3. The lowest BCUT2D eigenvalue weighted by Gasteiger charge is -2.14. The van der Waals surface area contributed by atoms with Crippen LogP contribution in [0.4, 0.5) is 0 Å². The quantitative estimate of drug-likeness (QED) is 0.184. The van der Waals surface area contributed by atoms with Gasteiger partial charge in [0.2, 0.25) is 0 Å². The average Bonchev–Trinajstić information content (AvgIpc) is 3.15. The number of para-hydroxylation sites is 2. The predicted molar refractivity (Wildman–Crippen MR) is 138 cm³/mol. The van der Waals surface area contributed by atoms with Crippen LogP contribution < -0.4 is 15.4 Å². The van der Waals surface area contributed by atoms with Crippen molar-refractivity contribution in [1.29, 1.82) is 0 Å². The molecule has 1 aromatic heterocycles. The fourth-order valence-corrected chi connectivity index (χ4v) is 3.29. The van der Waals surface area contributed by atoms with Crippen molar-refractivity contribution in [2.24, 2.45) is 4.99 Å². The number of hydrogen-bond donors (Lipinski definition) is 2. The minimum absolute atomic E-state index is 0. The van der Waals surface area contributed by atoms with Crippen molar-refractivity contribution in [3.63, 3.8) is 0 Å². The van der Waals surface area contributed by atoms with Crippen molar-refractivity contribution < 1.29 is 4.74 Å². The van der Waals surface area contributed by atoms with Gasteiger partial charge in [-0.15, -0.1) is 24.0 Å². The Labute approximate surface area is 202 Å². The molecule has 0 amide bonds. The summed E-state index contributed by atoms with van der Waals surface area (Å²) in [7, 11) is 1.79. The van der Waals surface area contributed by atoms with Crippen molar-refractivity contribution in [2.45, 2.75) is 33.2 Å². The number of rotatable bonds is 9. The summed E-state index contributed by atoms with van der Waals surface area (Å²) in [6, 6.07) is 18.3. The smallest absolute Gasteiger partial charge is 0.191 e. The summed E-state index contributed by atoms with van der Waals surface area (Å²) in [5.74, 6) is 1.70. The first-order valence-corrected chi connectivity index (χ1v) is 10.5. The molecule has 166 valence electrons. The Morgan fingerprint density at radius 3 is 2.52 bits per heavy atom. The minimum atomic E-state index is 0. The Morgan fingerprint density at radius 1 is 1.03 bits per heavy atom. The van der Waals surface area contributed by atoms with E-state index in [1.807, 2.05) is 48.0 Å². The normalized spacial score (nSPS) is 11.0. The summed E-state index contributed by atoms with van der Waals surface area (Å²) in [4.78, 5) is 4.32. The van der Waals surface area contributed by atoms with E-state index >= 15 is 0 Å². The second-order valence-corrected chi connectivity index (χ2v) is 7.02. The molecule has 7 heteroatoms. The number of guanidine groups is 1. The Hall–Kier alpha value is -2.55. The zero-order valence-corrected chi connectivity index (χ0v) is 20.8. The second-order valence-electron chi connectivity index (χ2n) is 7.02. The maximum atomic E-state index is 5.69. The van der Waals surface area contributed by atoms with Crippen LogP contribution in [0.3, 0.4) is 0 Å². The molecule has 31 heavy (non-hydrogen) atoms. The molecule has 0 aliphatic heterocycles. The van der Waals surface area contributed by atoms with Crippen LogP contribution in [-0.2, 0) is 13.0 Å². The Bertz CT molecular complexity index is 956. The molecule has 0 radical (unpaired) electrons. The van der Waals surface area contributed by atoms with Gasteiger partial charge < -0.3 is 15.4 Å². The van der Waals surface area contributed by atoms with Gasteiger partial charge in [-0.25, -0.2) is 4.68 Å². The van der Waals surface area contributed by atoms with E-state index in [0.717, 1.165) is 48.0 Å². The summed E-state index contributed by atoms with van der Waals surface area (Å²) in [5, 5.41) is 11.4. The molecule has 0 saturated heterocycles. The highest BCUT2D eigenvalue weighted by Crippen LogP contribution is 2.17. The van der Waals surface area contributed by atoms with Gasteiger partial charge in [0.25, 0.3) is 0 Å². The van der Waals surface area contributed by atoms with Gasteiger partial charge in [-0.3, -0.25) is 4.99 Å². The second kappa shape index (κ2) is 13.0. The van der Waals surface area contributed by atoms with E-state index in [1.165, 1.54) is 5.56 Å². The van der Waals surface area contributed by atoms with E-state index < -0.39 is 0 Å². The number of ether oxygens (including phenoxy) is 1. The van der Waals surface area contributed by atoms with E-state index in [4.69, 9.17) is 4.74 Å². The number of benzene rings is 2. The fraction of sp³-hybridized carbons (Fsp3) is 0.333. The molecular weight excluding hydrogens is 501 g/mol. The molecule has 0 saturated carbocycles. The highest BCUT2D eigenvalue weighted by molar-refractivity contribution is 14.0. The van der Waals surface area contributed by atoms with Crippen LogP contribution in [0.2, 0.25) is 0 Å². The Kier molecular flexibility index (Phi) is 10.4. The van der Waals surface area contributed by atoms with Crippen molar-refractivity contribution in [1.82, 2.24) is 20.4 Å². The van der Waals surface area contributed by atoms with E-state index in [2.05, 4.69) is 52.0 Å². The summed E-state index contributed by atoms with van der Waals surface area (Å²) in [6.07, 6.45) is 4.09. The summed E-state index contributed by atoms with van der Waals surface area (Å²) < 4.78 is 7.64. The first kappa shape index (κ1) is 24.7. The van der Waals surface area contributed by atoms with Crippen LogP contribution in [0.1, 0.15) is 30.2 Å². The lowest BCUT2D eigenvalue weighted by Crippen LogP contribution is -2.37. The molecule has 6 nitrogen and oxygen atoms in total. The molecule has 1 heterocycles. The van der Waals surface area contributed by atoms with E-state index in [1.54, 1.807) is 7.05 Å². The lowest BCUT2D eigenvalue weighted by molar-refractivity contribution is 0.336. The van der Waals surface area contributed by atoms with E-state index in [-0.39, 0.29) is 24.0 Å². The molecular formula is C24H32IN5O. The average molecular weight is 533 g/mol. The maximum Gasteiger partial charge on any atom is 0.191 e. The number of nitrogens with zero attached hydrogens (tertiary/aromatic N) is 3. The number of aliphatic imine (C=N–C) groups is 1. The standard InChI is InChI=1S/C24H31N5O.HI/c1-4-30-23-15-9-8-11-20(23)17-27-24(25-3)26-16-10-12-21-18-29(28-19(21)2)22-13-6-5-7-14-22;/h5-9,11,13-15,18H,4,10,12,16-17H2,1-3H3,(H2,25,26,27);1H. The first-order valence-electron chi connectivity index (χ1n) is 10.5. The van der Waals surface area contributed by atoms with Crippen LogP contribution in [0.5, 0.6) is 5.75 Å². The zero-order chi connectivity index (χ0) is 21.2. The van der Waals surface area contributed by atoms with Gasteiger partial charge in [0, 0.05) is 31.9 Å². The lowest BCUT2D eigenvalue weighted by atomic mass is 10.1. The maximum absolute atomic E-state index is 5.69. The van der Waals surface area contributed by atoms with Crippen LogP contribution in [0.15, 0.2) is 65.8 Å². The van der Waals surface area contributed by atoms with Gasteiger partial charge in [-0.05, 0) is 50.5 Å². The van der Waals surface area contributed by atoms with Crippen LogP contribution in [0.25, 0.3) is 5.69 Å². The monoisotopic (exact) mass is 533 g/mol. The topological polar surface area (TPSA) is 63.5 Å². The molecule has 2 N–H and O–H groups in total. The molecule has 2 aromatic carbocycles. The third kappa shape index (κ3) is 7.27. The highest BCUT2D eigenvalue weighted by atomic mass is 127. The van der Waals surface area contributed by atoms with Gasteiger partial charge in [0.15, 0.2) is 5.96 Å². The Balaban J connectivity index is 0.00000341. The fourth-order valence-electron chi connectivity index (χ4n) is 3.29. The van der Waals surface area contributed by atoms with Crippen molar-refractivity contribution in [2.75, 3.05) is 20.2 Å². The van der Waals surface area contributed by atoms with Gasteiger partial charge in [0.05, 0.1) is 18.0 Å². The van der Waals surface area contributed by atoms with Gasteiger partial charge in [-0.2, -0.15) is 5.10 Å². The zero-order valence-electron chi connectivity index (χ0n) is 18.5. The summed E-state index contributed by atoms with van der Waals surface area (Å²) in [5.41, 5.74) is 4.55. The summed E-state index contributed by atoms with van der Waals surface area (Å²) >= 11 is 0. The van der Waals surface area contributed by atoms with Crippen LogP contribution >= 0.6 is 24.0 Å².